The van der Waals surface area contributed by atoms with Gasteiger partial charge in [-0.3, -0.25) is 0 Å². The molecule has 1 saturated carbocycles. The molecule has 0 saturated heterocycles. The van der Waals surface area contributed by atoms with E-state index >= 15 is 0 Å². The van der Waals surface area contributed by atoms with Crippen molar-refractivity contribution in [2.24, 2.45) is 29.1 Å². The van der Waals surface area contributed by atoms with Crippen molar-refractivity contribution in [1.29, 1.82) is 0 Å². The molecule has 3 atom stereocenters. The van der Waals surface area contributed by atoms with Crippen LogP contribution in [-0.2, 0) is 14.9 Å². The molecule has 0 bridgehead atoms. The number of rotatable bonds is 11. The fourth-order valence-electron chi connectivity index (χ4n) is 6.63. The summed E-state index contributed by atoms with van der Waals surface area (Å²) in [7, 11) is 3.74. The van der Waals surface area contributed by atoms with Crippen molar-refractivity contribution in [2.45, 2.75) is 65.2 Å². The molecule has 0 aliphatic heterocycles. The summed E-state index contributed by atoms with van der Waals surface area (Å²) in [5, 5.41) is 0. The van der Waals surface area contributed by atoms with E-state index in [-0.39, 0.29) is 10.8 Å². The van der Waals surface area contributed by atoms with Crippen LogP contribution < -0.4 is 0 Å². The maximum atomic E-state index is 5.97. The van der Waals surface area contributed by atoms with Gasteiger partial charge < -0.3 is 9.47 Å². The molecule has 2 heteroatoms. The molecule has 0 heterocycles. The highest BCUT2D eigenvalue weighted by molar-refractivity contribution is 5.38. The van der Waals surface area contributed by atoms with Gasteiger partial charge in [-0.05, 0) is 60.5 Å². The maximum absolute atomic E-state index is 5.97. The molecule has 0 aromatic heterocycles. The van der Waals surface area contributed by atoms with Crippen LogP contribution in [0.15, 0.2) is 60.7 Å². The summed E-state index contributed by atoms with van der Waals surface area (Å²) in [4.78, 5) is 0. The first kappa shape index (κ1) is 26.0. The van der Waals surface area contributed by atoms with E-state index in [1.165, 1.54) is 30.4 Å². The highest BCUT2D eigenvalue weighted by atomic mass is 16.5. The Kier molecular flexibility index (Phi) is 9.18. The molecule has 182 valence electrons. The Morgan fingerprint density at radius 3 is 1.79 bits per heavy atom. The van der Waals surface area contributed by atoms with Crippen molar-refractivity contribution >= 4 is 0 Å². The monoisotopic (exact) mass is 450 g/mol. The lowest BCUT2D eigenvalue weighted by Gasteiger charge is -2.50. The van der Waals surface area contributed by atoms with Crippen molar-refractivity contribution in [3.05, 3.63) is 71.8 Å². The molecule has 1 aliphatic rings. The lowest BCUT2D eigenvalue weighted by Crippen LogP contribution is -2.47. The van der Waals surface area contributed by atoms with Crippen LogP contribution >= 0.6 is 0 Å². The van der Waals surface area contributed by atoms with E-state index in [0.29, 0.717) is 11.8 Å². The van der Waals surface area contributed by atoms with E-state index in [1.807, 2.05) is 14.2 Å². The number of hydrogen-bond acceptors (Lipinski definition) is 2. The molecule has 0 amide bonds. The van der Waals surface area contributed by atoms with Gasteiger partial charge in [-0.2, -0.15) is 0 Å². The third-order valence-corrected chi connectivity index (χ3v) is 8.62. The van der Waals surface area contributed by atoms with E-state index in [2.05, 4.69) is 88.4 Å². The lowest BCUT2D eigenvalue weighted by molar-refractivity contribution is -0.0824. The van der Waals surface area contributed by atoms with Crippen LogP contribution in [0.2, 0.25) is 0 Å². The highest BCUT2D eigenvalue weighted by Gasteiger charge is 2.47. The van der Waals surface area contributed by atoms with Gasteiger partial charge in [0.2, 0.25) is 0 Å². The van der Waals surface area contributed by atoms with Crippen LogP contribution in [0.25, 0.3) is 0 Å². The molecule has 3 unspecified atom stereocenters. The van der Waals surface area contributed by atoms with Gasteiger partial charge in [-0.15, -0.1) is 0 Å². The van der Waals surface area contributed by atoms with Gasteiger partial charge in [0.05, 0.1) is 13.2 Å². The predicted octanol–water partition coefficient (Wildman–Crippen LogP) is 7.76. The molecule has 0 radical (unpaired) electrons. The van der Waals surface area contributed by atoms with Crippen molar-refractivity contribution in [3.8, 4) is 0 Å². The topological polar surface area (TPSA) is 18.5 Å². The van der Waals surface area contributed by atoms with Crippen molar-refractivity contribution in [1.82, 2.24) is 0 Å². The van der Waals surface area contributed by atoms with Gasteiger partial charge in [0.1, 0.15) is 0 Å². The summed E-state index contributed by atoms with van der Waals surface area (Å²) in [5.74, 6) is 2.81. The summed E-state index contributed by atoms with van der Waals surface area (Å²) in [6.07, 6.45) is 6.12. The van der Waals surface area contributed by atoms with Crippen molar-refractivity contribution in [2.75, 3.05) is 27.4 Å². The normalized spacial score (nSPS) is 22.0. The van der Waals surface area contributed by atoms with Gasteiger partial charge in [0.25, 0.3) is 0 Å². The zero-order valence-corrected chi connectivity index (χ0v) is 21.8. The minimum atomic E-state index is -0.0527. The Morgan fingerprint density at radius 1 is 0.818 bits per heavy atom. The third-order valence-electron chi connectivity index (χ3n) is 8.62. The number of benzene rings is 2. The summed E-state index contributed by atoms with van der Waals surface area (Å²) in [5.41, 5.74) is 2.75. The van der Waals surface area contributed by atoms with Gasteiger partial charge >= 0.3 is 0 Å². The van der Waals surface area contributed by atoms with Gasteiger partial charge in [0.15, 0.2) is 0 Å². The van der Waals surface area contributed by atoms with Gasteiger partial charge in [-0.25, -0.2) is 0 Å². The molecule has 0 spiro atoms. The van der Waals surface area contributed by atoms with Crippen LogP contribution in [0.5, 0.6) is 0 Å². The first-order valence-corrected chi connectivity index (χ1v) is 12.9. The zero-order chi connectivity index (χ0) is 23.9. The van der Waals surface area contributed by atoms with Crippen LogP contribution in [0.4, 0.5) is 0 Å². The third kappa shape index (κ3) is 5.89. The van der Waals surface area contributed by atoms with Crippen LogP contribution in [0.1, 0.15) is 70.9 Å². The van der Waals surface area contributed by atoms with Crippen LogP contribution in [0, 0.1) is 29.1 Å². The maximum Gasteiger partial charge on any atom is 0.0543 e. The highest BCUT2D eigenvalue weighted by Crippen LogP contribution is 2.51. The summed E-state index contributed by atoms with van der Waals surface area (Å²) < 4.78 is 11.9. The molecule has 33 heavy (non-hydrogen) atoms. The number of ether oxygens (including phenoxy) is 2. The van der Waals surface area contributed by atoms with Crippen molar-refractivity contribution < 1.29 is 9.47 Å². The van der Waals surface area contributed by atoms with Crippen molar-refractivity contribution in [3.63, 3.8) is 0 Å². The van der Waals surface area contributed by atoms with Crippen LogP contribution in [-0.4, -0.2) is 27.4 Å². The first-order chi connectivity index (χ1) is 15.9. The molecular formula is C31H46O2. The van der Waals surface area contributed by atoms with E-state index in [4.69, 9.17) is 9.47 Å². The zero-order valence-electron chi connectivity index (χ0n) is 21.8. The summed E-state index contributed by atoms with van der Waals surface area (Å²) in [6.45, 7) is 11.2. The quantitative estimate of drug-likeness (QED) is 0.348. The molecule has 2 aromatic carbocycles. The minimum absolute atomic E-state index is 0.0257. The predicted molar refractivity (Wildman–Crippen MR) is 140 cm³/mol. The average molecular weight is 451 g/mol. The van der Waals surface area contributed by atoms with Gasteiger partial charge in [-0.1, -0.05) is 94.8 Å². The number of methoxy groups -OCH3 is 2. The minimum Gasteiger partial charge on any atom is -0.384 e. The Balaban J connectivity index is 2.00. The molecule has 1 fully saturated rings. The van der Waals surface area contributed by atoms with E-state index < -0.39 is 0 Å². The second-order valence-electron chi connectivity index (χ2n) is 11.2. The summed E-state index contributed by atoms with van der Waals surface area (Å²) >= 11 is 0. The standard InChI is InChI=1S/C31H46O2/c1-24(2)28-18-17-25(3)21-29(28)31(22-32-5,23-33-6)20-19-30(4,26-13-9-7-10-14-26)27-15-11-8-12-16-27/h7-16,24-25,28-29H,17-23H2,1-6H3. The fourth-order valence-corrected chi connectivity index (χ4v) is 6.63. The Bertz CT molecular complexity index is 768. The Hall–Kier alpha value is -1.64. The van der Waals surface area contributed by atoms with E-state index in [9.17, 15) is 0 Å². The van der Waals surface area contributed by atoms with Gasteiger partial charge in [0, 0.05) is 25.0 Å². The molecular weight excluding hydrogens is 404 g/mol. The van der Waals surface area contributed by atoms with Crippen LogP contribution in [0.3, 0.4) is 0 Å². The number of hydrogen-bond donors (Lipinski definition) is 0. The SMILES string of the molecule is COCC(CCC(C)(c1ccccc1)c1ccccc1)(COC)C1CC(C)CCC1C(C)C. The average Bonchev–Trinajstić information content (AvgIpc) is 2.83. The molecule has 3 rings (SSSR count). The van der Waals surface area contributed by atoms with E-state index in [0.717, 1.165) is 37.9 Å². The fraction of sp³-hybridized carbons (Fsp3) is 0.613. The summed E-state index contributed by atoms with van der Waals surface area (Å²) in [6, 6.07) is 22.1. The Morgan fingerprint density at radius 2 is 1.33 bits per heavy atom. The second kappa shape index (κ2) is 11.7. The molecule has 1 aliphatic carbocycles. The van der Waals surface area contributed by atoms with E-state index in [1.54, 1.807) is 0 Å². The molecule has 2 nitrogen and oxygen atoms in total. The Labute approximate surface area is 203 Å². The first-order valence-electron chi connectivity index (χ1n) is 12.9. The smallest absolute Gasteiger partial charge is 0.0543 e. The molecule has 0 N–H and O–H groups in total. The largest absolute Gasteiger partial charge is 0.384 e. The second-order valence-corrected chi connectivity index (χ2v) is 11.2. The lowest BCUT2D eigenvalue weighted by atomic mass is 9.57. The molecule has 2 aromatic rings.